The van der Waals surface area contributed by atoms with Gasteiger partial charge in [-0.3, -0.25) is 9.32 Å². The Morgan fingerprint density at radius 2 is 2.14 bits per heavy atom. The average Bonchev–Trinajstić information content (AvgIpc) is 3.28. The Bertz CT molecular complexity index is 1240. The number of rotatable bonds is 10. The first-order valence-corrected chi connectivity index (χ1v) is 12.4. The molecule has 3 rings (SSSR count). The number of hydrogen-bond donors (Lipinski definition) is 2. The zero-order chi connectivity index (χ0) is 26.4. The third-order valence-corrected chi connectivity index (χ3v) is 5.72. The molecule has 0 amide bonds. The number of esters is 1. The van der Waals surface area contributed by atoms with Crippen LogP contribution in [-0.4, -0.2) is 39.7 Å². The molecule has 1 aromatic carbocycles. The van der Waals surface area contributed by atoms with E-state index >= 15 is 0 Å². The minimum atomic E-state index is -2.71. The Balaban J connectivity index is 1.60. The van der Waals surface area contributed by atoms with E-state index in [1.54, 1.807) is 13.8 Å². The third kappa shape index (κ3) is 7.37. The molecular formula is C20H22F2N5O7PS. The van der Waals surface area contributed by atoms with Gasteiger partial charge in [-0.15, -0.1) is 0 Å². The number of aromatic nitrogens is 2. The zero-order valence-electron chi connectivity index (χ0n) is 19.2. The van der Waals surface area contributed by atoms with Gasteiger partial charge in [0.05, 0.1) is 12.3 Å². The van der Waals surface area contributed by atoms with Crippen molar-refractivity contribution in [1.82, 2.24) is 15.0 Å². The lowest BCUT2D eigenvalue weighted by Crippen LogP contribution is -2.33. The van der Waals surface area contributed by atoms with Crippen LogP contribution in [0.1, 0.15) is 20.8 Å². The highest BCUT2D eigenvalue weighted by atomic mass is 32.2. The van der Waals surface area contributed by atoms with Crippen molar-refractivity contribution in [3.05, 3.63) is 51.9 Å². The minimum Gasteiger partial charge on any atom is -0.574 e. The number of benzene rings is 1. The van der Waals surface area contributed by atoms with E-state index in [1.165, 1.54) is 18.4 Å². The van der Waals surface area contributed by atoms with E-state index in [-0.39, 0.29) is 30.1 Å². The molecule has 0 bridgehead atoms. The lowest BCUT2D eigenvalue weighted by molar-refractivity contribution is -0.169. The van der Waals surface area contributed by atoms with Gasteiger partial charge in [0.15, 0.2) is 22.8 Å². The number of nitrogen functional groups attached to an aromatic ring is 1. The van der Waals surface area contributed by atoms with E-state index < -0.39 is 48.8 Å². The topological polar surface area (TPSA) is 162 Å². The van der Waals surface area contributed by atoms with Crippen LogP contribution in [0.5, 0.6) is 11.5 Å². The summed E-state index contributed by atoms with van der Waals surface area (Å²) >= 11 is 1.11. The summed E-state index contributed by atoms with van der Waals surface area (Å²) in [6.07, 6.45) is 0.514. The molecule has 194 valence electrons. The van der Waals surface area contributed by atoms with Crippen LogP contribution in [0.15, 0.2) is 39.5 Å². The standard InChI is InChI=1S/C20H22F2N5O7PS/c1-10(2)32-19(28)11(3)25-26-35(30)34-14-5-4-12(21)6-15(14)31-8-17-33-16(9-36-17)27-7-13(22)18(23)24-20(27)29/h4-7,9-11,17,25H,8H2,1-3H3,(H2,23,24,29)/t11-,17-/m0/s1. The van der Waals surface area contributed by atoms with Crippen molar-refractivity contribution < 1.29 is 37.2 Å². The molecule has 0 spiro atoms. The number of nitrogens with zero attached hydrogens (tertiary/aromatic N) is 3. The van der Waals surface area contributed by atoms with Gasteiger partial charge in [-0.2, -0.15) is 10.4 Å². The first-order valence-electron chi connectivity index (χ1n) is 10.3. The molecule has 2 heterocycles. The molecule has 36 heavy (non-hydrogen) atoms. The Morgan fingerprint density at radius 3 is 2.86 bits per heavy atom. The van der Waals surface area contributed by atoms with Crippen molar-refractivity contribution in [2.75, 3.05) is 12.3 Å². The largest absolute Gasteiger partial charge is 0.574 e. The summed E-state index contributed by atoms with van der Waals surface area (Å²) < 4.78 is 49.7. The van der Waals surface area contributed by atoms with Gasteiger partial charge in [-0.25, -0.2) is 18.1 Å². The van der Waals surface area contributed by atoms with E-state index in [0.717, 1.165) is 34.7 Å². The number of ether oxygens (including phenoxy) is 3. The van der Waals surface area contributed by atoms with Crippen molar-refractivity contribution in [3.8, 4) is 11.5 Å². The second kappa shape index (κ2) is 12.1. The lowest BCUT2D eigenvalue weighted by atomic mass is 10.3. The maximum absolute atomic E-state index is 13.8. The fourth-order valence-corrected chi connectivity index (χ4v) is 3.93. The fourth-order valence-electron chi connectivity index (χ4n) is 2.57. The minimum absolute atomic E-state index is 0.00113. The number of hydrogen-bond acceptors (Lipinski definition) is 11. The van der Waals surface area contributed by atoms with Crippen molar-refractivity contribution in [2.45, 2.75) is 38.4 Å². The van der Waals surface area contributed by atoms with Crippen LogP contribution in [0, 0.1) is 11.6 Å². The van der Waals surface area contributed by atoms with E-state index in [9.17, 15) is 23.3 Å². The molecule has 3 atom stereocenters. The van der Waals surface area contributed by atoms with E-state index in [0.29, 0.717) is 0 Å². The second-order valence-corrected chi connectivity index (χ2v) is 9.33. The smallest absolute Gasteiger partial charge is 0.412 e. The molecule has 1 aliphatic rings. The van der Waals surface area contributed by atoms with Gasteiger partial charge in [0.1, 0.15) is 18.5 Å². The first-order chi connectivity index (χ1) is 17.0. The molecule has 1 aliphatic heterocycles. The summed E-state index contributed by atoms with van der Waals surface area (Å²) in [5, 5.41) is 1.45. The maximum Gasteiger partial charge on any atom is 0.412 e. The van der Waals surface area contributed by atoms with Gasteiger partial charge >= 0.3 is 19.8 Å². The monoisotopic (exact) mass is 545 g/mol. The Morgan fingerprint density at radius 1 is 1.39 bits per heavy atom. The molecule has 0 aliphatic carbocycles. The molecule has 3 N–H and O–H groups in total. The van der Waals surface area contributed by atoms with E-state index in [1.807, 2.05) is 0 Å². The van der Waals surface area contributed by atoms with Crippen molar-refractivity contribution in [2.24, 2.45) is 4.85 Å². The Hall–Kier alpha value is -3.26. The van der Waals surface area contributed by atoms with Gasteiger partial charge in [-0.05, 0) is 32.9 Å². The zero-order valence-corrected chi connectivity index (χ0v) is 20.9. The number of nitrogens with two attached hydrogens (primary N) is 1. The lowest BCUT2D eigenvalue weighted by Gasteiger charge is -2.15. The molecule has 1 aromatic heterocycles. The van der Waals surface area contributed by atoms with Gasteiger partial charge in [0, 0.05) is 16.3 Å². The summed E-state index contributed by atoms with van der Waals surface area (Å²) in [6, 6.07) is 2.39. The molecule has 2 aromatic rings. The van der Waals surface area contributed by atoms with Crippen LogP contribution in [0.4, 0.5) is 14.6 Å². The van der Waals surface area contributed by atoms with Gasteiger partial charge < -0.3 is 24.8 Å². The van der Waals surface area contributed by atoms with Crippen LogP contribution in [0.2, 0.25) is 0 Å². The summed E-state index contributed by atoms with van der Waals surface area (Å²) in [4.78, 5) is 42.9. The molecule has 0 fully saturated rings. The summed E-state index contributed by atoms with van der Waals surface area (Å²) in [5.74, 6) is -2.87. The Labute approximate surface area is 209 Å². The molecule has 16 heteroatoms. The number of carbonyl (C=O) groups is 1. The van der Waals surface area contributed by atoms with Gasteiger partial charge in [0.25, 0.3) is 0 Å². The molecule has 0 saturated carbocycles. The number of halogens is 2. The number of anilines is 1. The summed E-state index contributed by atoms with van der Waals surface area (Å²) in [6.45, 7) is 4.67. The normalized spacial score (nSPS) is 16.4. The van der Waals surface area contributed by atoms with Gasteiger partial charge in [-0.1, -0.05) is 11.8 Å². The molecule has 0 radical (unpaired) electrons. The molecule has 1 unspecified atom stereocenters. The average molecular weight is 545 g/mol. The quantitative estimate of drug-likeness (QED) is 0.255. The van der Waals surface area contributed by atoms with Crippen molar-refractivity contribution in [3.63, 3.8) is 0 Å². The number of thioether (sulfide) groups is 1. The summed E-state index contributed by atoms with van der Waals surface area (Å²) in [7, 11) is -2.71. The Kier molecular flexibility index (Phi) is 9.20. The molecular weight excluding hydrogens is 523 g/mol. The van der Waals surface area contributed by atoms with E-state index in [2.05, 4.69) is 15.3 Å². The highest BCUT2D eigenvalue weighted by Gasteiger charge is 2.24. The van der Waals surface area contributed by atoms with Crippen LogP contribution in [-0.2, 0) is 14.3 Å². The van der Waals surface area contributed by atoms with Crippen LogP contribution < -0.4 is 31.0 Å². The van der Waals surface area contributed by atoms with Crippen molar-refractivity contribution >= 4 is 37.6 Å². The fraction of sp³-hybridized carbons (Fsp3) is 0.350. The predicted molar refractivity (Wildman–Crippen MR) is 125 cm³/mol. The predicted octanol–water partition coefficient (Wildman–Crippen LogP) is 2.11. The van der Waals surface area contributed by atoms with Crippen LogP contribution in [0.3, 0.4) is 0 Å². The van der Waals surface area contributed by atoms with Gasteiger partial charge in [0.2, 0.25) is 11.6 Å². The summed E-state index contributed by atoms with van der Waals surface area (Å²) in [5.41, 5.74) is 6.12. The highest BCUT2D eigenvalue weighted by molar-refractivity contribution is 8.03. The first kappa shape index (κ1) is 27.3. The highest BCUT2D eigenvalue weighted by Crippen LogP contribution is 2.35. The van der Waals surface area contributed by atoms with Crippen LogP contribution >= 0.6 is 19.9 Å². The maximum atomic E-state index is 13.8. The van der Waals surface area contributed by atoms with Crippen LogP contribution in [0.25, 0.3) is 5.88 Å². The molecule has 0 saturated heterocycles. The SMILES string of the molecule is CC(C)OC(=O)[C@H](C)N/N=[P+](\[O-])Oc1ccc(F)cc1OC[C@H]1OC(n2cc(F)c(N)nc2=O)=CS1. The number of carbonyl (C=O) groups excluding carboxylic acids is 1. The third-order valence-electron chi connectivity index (χ3n) is 4.22. The van der Waals surface area contributed by atoms with Crippen molar-refractivity contribution in [1.29, 1.82) is 0 Å². The number of nitrogens with one attached hydrogen (secondary N) is 1. The second-order valence-electron chi connectivity index (χ2n) is 7.43. The van der Waals surface area contributed by atoms with E-state index in [4.69, 9.17) is 24.5 Å². The molecule has 12 nitrogen and oxygen atoms in total.